The molecule has 7 heteroatoms. The van der Waals surface area contributed by atoms with Crippen LogP contribution in [0.2, 0.25) is 0 Å². The molecule has 0 aromatic carbocycles. The predicted molar refractivity (Wildman–Crippen MR) is 71.1 cm³/mol. The van der Waals surface area contributed by atoms with E-state index in [2.05, 4.69) is 5.32 Å². The van der Waals surface area contributed by atoms with Crippen LogP contribution >= 0.6 is 22.0 Å². The van der Waals surface area contributed by atoms with E-state index in [1.807, 2.05) is 6.92 Å². The summed E-state index contributed by atoms with van der Waals surface area (Å²) in [5.41, 5.74) is 0. The van der Waals surface area contributed by atoms with Crippen LogP contribution in [0.4, 0.5) is 0 Å². The monoisotopic (exact) mass is 307 g/mol. The molecule has 1 amide bonds. The Morgan fingerprint density at radius 1 is 1.56 bits per heavy atom. The van der Waals surface area contributed by atoms with E-state index in [1.165, 1.54) is 6.07 Å². The molecule has 4 nitrogen and oxygen atoms in total. The van der Waals surface area contributed by atoms with Gasteiger partial charge >= 0.3 is 0 Å². The van der Waals surface area contributed by atoms with Gasteiger partial charge in [-0.05, 0) is 30.9 Å². The van der Waals surface area contributed by atoms with E-state index in [1.54, 1.807) is 6.07 Å². The van der Waals surface area contributed by atoms with E-state index in [-0.39, 0.29) is 16.0 Å². The summed E-state index contributed by atoms with van der Waals surface area (Å²) in [6.07, 6.45) is 2.25. The molecule has 1 N–H and O–H groups in total. The predicted octanol–water partition coefficient (Wildman–Crippen LogP) is 2.34. The Morgan fingerprint density at radius 2 is 2.22 bits per heavy atom. The lowest BCUT2D eigenvalue weighted by molar-refractivity contribution is -0.125. The third kappa shape index (κ3) is 3.46. The van der Waals surface area contributed by atoms with Crippen molar-refractivity contribution in [1.29, 1.82) is 0 Å². The van der Waals surface area contributed by atoms with Crippen molar-refractivity contribution in [2.24, 2.45) is 11.8 Å². The molecule has 1 heterocycles. The summed E-state index contributed by atoms with van der Waals surface area (Å²) in [6.45, 7) is 2.28. The third-order valence-electron chi connectivity index (χ3n) is 3.06. The van der Waals surface area contributed by atoms with Crippen LogP contribution in [0.15, 0.2) is 16.3 Å². The van der Waals surface area contributed by atoms with Crippen molar-refractivity contribution in [3.8, 4) is 0 Å². The van der Waals surface area contributed by atoms with Gasteiger partial charge in [-0.15, -0.1) is 11.3 Å². The van der Waals surface area contributed by atoms with Crippen LogP contribution in [0.25, 0.3) is 0 Å². The molecule has 1 aliphatic rings. The van der Waals surface area contributed by atoms with E-state index < -0.39 is 9.05 Å². The summed E-state index contributed by atoms with van der Waals surface area (Å²) in [4.78, 5) is 12.5. The van der Waals surface area contributed by atoms with E-state index in [0.717, 1.165) is 29.1 Å². The maximum absolute atomic E-state index is 11.8. The smallest absolute Gasteiger partial charge is 0.270 e. The zero-order valence-corrected chi connectivity index (χ0v) is 12.2. The molecule has 0 aliphatic heterocycles. The molecule has 1 saturated carbocycles. The highest BCUT2D eigenvalue weighted by Gasteiger charge is 2.32. The van der Waals surface area contributed by atoms with Gasteiger partial charge in [-0.2, -0.15) is 0 Å². The fraction of sp³-hybridized carbons (Fsp3) is 0.545. The number of halogens is 1. The van der Waals surface area contributed by atoms with Crippen molar-refractivity contribution in [1.82, 2.24) is 5.32 Å². The molecule has 1 unspecified atom stereocenters. The second-order valence-corrected chi connectivity index (χ2v) is 8.46. The van der Waals surface area contributed by atoms with E-state index >= 15 is 0 Å². The molecule has 0 spiro atoms. The molecule has 0 bridgehead atoms. The molecular formula is C11H14ClNO3S2. The number of nitrogens with one attached hydrogen (secondary N) is 1. The standard InChI is InChI=1S/C11H14ClNO3S2/c1-7(8-2-3-8)11(14)13-6-9-4-5-10(17-9)18(12,15)16/h4-5,7-8H,2-3,6H2,1H3,(H,13,14). The van der Waals surface area contributed by atoms with Gasteiger partial charge in [0, 0.05) is 21.5 Å². The van der Waals surface area contributed by atoms with Crippen molar-refractivity contribution >= 4 is 37.0 Å². The van der Waals surface area contributed by atoms with Gasteiger partial charge in [-0.1, -0.05) is 6.92 Å². The Hall–Kier alpha value is -0.590. The lowest BCUT2D eigenvalue weighted by atomic mass is 10.1. The number of carbonyl (C=O) groups excluding carboxylic acids is 1. The number of hydrogen-bond donors (Lipinski definition) is 1. The highest BCUT2D eigenvalue weighted by Crippen LogP contribution is 2.36. The van der Waals surface area contributed by atoms with Crippen LogP contribution in [-0.2, 0) is 20.4 Å². The summed E-state index contributed by atoms with van der Waals surface area (Å²) in [5.74, 6) is 0.592. The first-order valence-corrected chi connectivity index (χ1v) is 8.81. The molecule has 1 aliphatic carbocycles. The summed E-state index contributed by atoms with van der Waals surface area (Å²) < 4.78 is 22.3. The van der Waals surface area contributed by atoms with Crippen molar-refractivity contribution in [3.63, 3.8) is 0 Å². The highest BCUT2D eigenvalue weighted by atomic mass is 35.7. The van der Waals surface area contributed by atoms with Crippen LogP contribution in [-0.4, -0.2) is 14.3 Å². The first kappa shape index (κ1) is 13.8. The third-order valence-corrected chi connectivity index (χ3v) is 6.23. The Labute approximate surface area is 115 Å². The molecule has 100 valence electrons. The largest absolute Gasteiger partial charge is 0.351 e. The fourth-order valence-corrected chi connectivity index (χ4v) is 3.79. The van der Waals surface area contributed by atoms with Gasteiger partial charge in [0.15, 0.2) is 0 Å². The van der Waals surface area contributed by atoms with Gasteiger partial charge < -0.3 is 5.32 Å². The lowest BCUT2D eigenvalue weighted by Crippen LogP contribution is -2.29. The summed E-state index contributed by atoms with van der Waals surface area (Å²) in [5, 5.41) is 2.82. The Bertz CT molecular complexity index is 548. The maximum atomic E-state index is 11.8. The maximum Gasteiger partial charge on any atom is 0.270 e. The zero-order chi connectivity index (χ0) is 13.3. The van der Waals surface area contributed by atoms with E-state index in [9.17, 15) is 13.2 Å². The number of hydrogen-bond acceptors (Lipinski definition) is 4. The topological polar surface area (TPSA) is 63.2 Å². The van der Waals surface area contributed by atoms with Gasteiger partial charge in [0.25, 0.3) is 9.05 Å². The number of rotatable bonds is 5. The van der Waals surface area contributed by atoms with Gasteiger partial charge in [-0.3, -0.25) is 4.79 Å². The molecular weight excluding hydrogens is 294 g/mol. The average Bonchev–Trinajstić information content (AvgIpc) is 3.02. The molecule has 0 radical (unpaired) electrons. The van der Waals surface area contributed by atoms with E-state index in [4.69, 9.17) is 10.7 Å². The summed E-state index contributed by atoms with van der Waals surface area (Å²) >= 11 is 1.08. The second kappa shape index (κ2) is 5.19. The molecule has 18 heavy (non-hydrogen) atoms. The SMILES string of the molecule is CC(C(=O)NCc1ccc(S(=O)(=O)Cl)s1)C1CC1. The highest BCUT2D eigenvalue weighted by molar-refractivity contribution is 8.15. The van der Waals surface area contributed by atoms with Gasteiger partial charge in [-0.25, -0.2) is 8.42 Å². The molecule has 1 fully saturated rings. The minimum atomic E-state index is -3.66. The molecule has 1 aromatic heterocycles. The Balaban J connectivity index is 1.90. The Morgan fingerprint density at radius 3 is 2.72 bits per heavy atom. The first-order valence-electron chi connectivity index (χ1n) is 5.69. The van der Waals surface area contributed by atoms with Crippen LogP contribution in [0.5, 0.6) is 0 Å². The molecule has 2 rings (SSSR count). The normalized spacial score (nSPS) is 17.4. The number of amides is 1. The van der Waals surface area contributed by atoms with Crippen molar-refractivity contribution < 1.29 is 13.2 Å². The Kier molecular flexibility index (Phi) is 3.99. The first-order chi connectivity index (χ1) is 8.38. The number of carbonyl (C=O) groups is 1. The number of thiophene rings is 1. The lowest BCUT2D eigenvalue weighted by Gasteiger charge is -2.09. The fourth-order valence-electron chi connectivity index (χ4n) is 1.73. The van der Waals surface area contributed by atoms with Crippen LogP contribution < -0.4 is 5.32 Å². The van der Waals surface area contributed by atoms with Gasteiger partial charge in [0.1, 0.15) is 4.21 Å². The van der Waals surface area contributed by atoms with Crippen molar-refractivity contribution in [2.75, 3.05) is 0 Å². The summed E-state index contributed by atoms with van der Waals surface area (Å²) in [6, 6.07) is 3.13. The zero-order valence-electron chi connectivity index (χ0n) is 9.85. The van der Waals surface area contributed by atoms with Gasteiger partial charge in [0.05, 0.1) is 6.54 Å². The van der Waals surface area contributed by atoms with Crippen molar-refractivity contribution in [3.05, 3.63) is 17.0 Å². The minimum absolute atomic E-state index is 0.0289. The van der Waals surface area contributed by atoms with Crippen LogP contribution in [0.1, 0.15) is 24.6 Å². The second-order valence-electron chi connectivity index (χ2n) is 4.50. The molecule has 0 saturated heterocycles. The molecule has 1 aromatic rings. The quantitative estimate of drug-likeness (QED) is 0.849. The van der Waals surface area contributed by atoms with E-state index in [0.29, 0.717) is 12.5 Å². The summed E-state index contributed by atoms with van der Waals surface area (Å²) in [7, 11) is 1.57. The molecule has 1 atom stereocenters. The average molecular weight is 308 g/mol. The van der Waals surface area contributed by atoms with Crippen LogP contribution in [0.3, 0.4) is 0 Å². The van der Waals surface area contributed by atoms with Gasteiger partial charge in [0.2, 0.25) is 5.91 Å². The minimum Gasteiger partial charge on any atom is -0.351 e. The van der Waals surface area contributed by atoms with Crippen molar-refractivity contribution in [2.45, 2.75) is 30.5 Å². The van der Waals surface area contributed by atoms with Crippen LogP contribution in [0, 0.1) is 11.8 Å².